The Kier molecular flexibility index (Phi) is 8.05. The smallest absolute Gasteiger partial charge is 0.338 e. The molecule has 1 aromatic rings. The molecular formula is C18H26N2O6. The van der Waals surface area contributed by atoms with E-state index in [1.54, 1.807) is 32.9 Å². The predicted molar refractivity (Wildman–Crippen MR) is 95.0 cm³/mol. The van der Waals surface area contributed by atoms with Crippen molar-refractivity contribution >= 4 is 17.9 Å². The van der Waals surface area contributed by atoms with E-state index in [2.05, 4.69) is 10.6 Å². The van der Waals surface area contributed by atoms with Crippen LogP contribution in [0.2, 0.25) is 0 Å². The number of nitrogens with one attached hydrogen (secondary N) is 2. The molecule has 0 saturated carbocycles. The van der Waals surface area contributed by atoms with Crippen molar-refractivity contribution in [2.45, 2.75) is 39.8 Å². The highest BCUT2D eigenvalue weighted by atomic mass is 16.5. The maximum Gasteiger partial charge on any atom is 0.338 e. The van der Waals surface area contributed by atoms with E-state index in [4.69, 9.17) is 14.2 Å². The highest BCUT2D eigenvalue weighted by Gasteiger charge is 2.17. The summed E-state index contributed by atoms with van der Waals surface area (Å²) in [4.78, 5) is 35.4. The van der Waals surface area contributed by atoms with Gasteiger partial charge >= 0.3 is 12.0 Å². The molecule has 0 radical (unpaired) electrons. The second-order valence-electron chi connectivity index (χ2n) is 6.49. The van der Waals surface area contributed by atoms with Gasteiger partial charge in [-0.15, -0.1) is 0 Å². The number of ether oxygens (including phenoxy) is 3. The molecule has 0 atom stereocenters. The third kappa shape index (κ3) is 7.52. The number of benzene rings is 1. The lowest BCUT2D eigenvalue weighted by molar-refractivity contribution is -0.123. The zero-order valence-corrected chi connectivity index (χ0v) is 15.8. The van der Waals surface area contributed by atoms with Crippen LogP contribution in [0.4, 0.5) is 4.79 Å². The number of carbonyl (C=O) groups is 3. The molecular weight excluding hydrogens is 340 g/mol. The summed E-state index contributed by atoms with van der Waals surface area (Å²) >= 11 is 0. The van der Waals surface area contributed by atoms with E-state index in [1.165, 1.54) is 13.2 Å². The van der Waals surface area contributed by atoms with Crippen LogP contribution in [0.15, 0.2) is 18.2 Å². The lowest BCUT2D eigenvalue weighted by atomic mass is 10.1. The van der Waals surface area contributed by atoms with Crippen LogP contribution in [0.3, 0.4) is 0 Å². The van der Waals surface area contributed by atoms with Gasteiger partial charge in [-0.05, 0) is 45.9 Å². The van der Waals surface area contributed by atoms with Crippen molar-refractivity contribution < 1.29 is 28.6 Å². The van der Waals surface area contributed by atoms with Gasteiger partial charge in [0.05, 0.1) is 19.3 Å². The van der Waals surface area contributed by atoms with E-state index in [0.717, 1.165) is 0 Å². The molecule has 8 heteroatoms. The first-order valence-electron chi connectivity index (χ1n) is 8.20. The molecule has 0 heterocycles. The summed E-state index contributed by atoms with van der Waals surface area (Å²) in [5.74, 6) is -0.813. The molecule has 1 aromatic carbocycles. The van der Waals surface area contributed by atoms with Crippen LogP contribution in [-0.2, 0) is 20.9 Å². The molecule has 8 nitrogen and oxygen atoms in total. The number of methoxy groups -OCH3 is 1. The number of imide groups is 1. The van der Waals surface area contributed by atoms with Crippen LogP contribution < -0.4 is 15.4 Å². The molecule has 0 bridgehead atoms. The molecule has 0 saturated heterocycles. The van der Waals surface area contributed by atoms with Crippen LogP contribution in [0.1, 0.15) is 43.6 Å². The monoisotopic (exact) mass is 366 g/mol. The number of hydrogen-bond acceptors (Lipinski definition) is 6. The first-order chi connectivity index (χ1) is 12.2. The normalized spacial score (nSPS) is 10.8. The highest BCUT2D eigenvalue weighted by Crippen LogP contribution is 2.21. The molecule has 1 rings (SSSR count). The molecule has 3 amide bonds. The Bertz CT molecular complexity index is 652. The fourth-order valence-electron chi connectivity index (χ4n) is 1.98. The minimum atomic E-state index is -0.719. The lowest BCUT2D eigenvalue weighted by Gasteiger charge is -2.20. The number of esters is 1. The highest BCUT2D eigenvalue weighted by molar-refractivity contribution is 5.97. The first kappa shape index (κ1) is 21.4. The summed E-state index contributed by atoms with van der Waals surface area (Å²) < 4.78 is 15.5. The Morgan fingerprint density at radius 3 is 2.42 bits per heavy atom. The quantitative estimate of drug-likeness (QED) is 0.716. The van der Waals surface area contributed by atoms with Crippen molar-refractivity contribution in [2.75, 3.05) is 20.3 Å². The van der Waals surface area contributed by atoms with Crippen molar-refractivity contribution in [3.8, 4) is 5.75 Å². The van der Waals surface area contributed by atoms with Crippen LogP contribution in [0, 0.1) is 0 Å². The van der Waals surface area contributed by atoms with Gasteiger partial charge in [0.2, 0.25) is 0 Å². The number of urea groups is 1. The van der Waals surface area contributed by atoms with Crippen molar-refractivity contribution in [3.63, 3.8) is 0 Å². The van der Waals surface area contributed by atoms with Gasteiger partial charge < -0.3 is 19.5 Å². The lowest BCUT2D eigenvalue weighted by Crippen LogP contribution is -2.49. The maximum atomic E-state index is 12.1. The summed E-state index contributed by atoms with van der Waals surface area (Å²) in [7, 11) is 1.52. The molecule has 0 aromatic heterocycles. The number of hydrogen-bond donors (Lipinski definition) is 2. The third-order valence-corrected chi connectivity index (χ3v) is 3.05. The zero-order chi connectivity index (χ0) is 19.7. The third-order valence-electron chi connectivity index (χ3n) is 3.05. The second kappa shape index (κ2) is 9.76. The SMILES string of the molecule is CCOCc1cc(C(=O)OCC(=O)NC(=O)NC(C)(C)C)ccc1OC. The molecule has 0 aliphatic heterocycles. The Morgan fingerprint density at radius 1 is 1.15 bits per heavy atom. The van der Waals surface area contributed by atoms with E-state index in [-0.39, 0.29) is 12.2 Å². The Labute approximate surface area is 153 Å². The van der Waals surface area contributed by atoms with Gasteiger partial charge in [-0.3, -0.25) is 10.1 Å². The van der Waals surface area contributed by atoms with Crippen molar-refractivity contribution in [1.29, 1.82) is 0 Å². The fourth-order valence-corrected chi connectivity index (χ4v) is 1.98. The van der Waals surface area contributed by atoms with Crippen molar-refractivity contribution in [1.82, 2.24) is 10.6 Å². The van der Waals surface area contributed by atoms with Gasteiger partial charge in [0.25, 0.3) is 5.91 Å². The molecule has 0 aliphatic carbocycles. The average Bonchev–Trinajstić information content (AvgIpc) is 2.55. The van der Waals surface area contributed by atoms with E-state index in [0.29, 0.717) is 17.9 Å². The molecule has 26 heavy (non-hydrogen) atoms. The summed E-state index contributed by atoms with van der Waals surface area (Å²) in [6.45, 7) is 7.44. The van der Waals surface area contributed by atoms with Crippen molar-refractivity contribution in [2.24, 2.45) is 0 Å². The predicted octanol–water partition coefficient (Wildman–Crippen LogP) is 2.01. The van der Waals surface area contributed by atoms with Crippen LogP contribution in [0.5, 0.6) is 5.75 Å². The van der Waals surface area contributed by atoms with Crippen LogP contribution >= 0.6 is 0 Å². The molecule has 0 fully saturated rings. The Morgan fingerprint density at radius 2 is 1.85 bits per heavy atom. The largest absolute Gasteiger partial charge is 0.496 e. The summed E-state index contributed by atoms with van der Waals surface area (Å²) in [6.07, 6.45) is 0. The van der Waals surface area contributed by atoms with Gasteiger partial charge in [0, 0.05) is 17.7 Å². The summed E-state index contributed by atoms with van der Waals surface area (Å²) in [5, 5.41) is 4.66. The standard InChI is InChI=1S/C18H26N2O6/c1-6-25-10-13-9-12(7-8-14(13)24-5)16(22)26-11-15(21)19-17(23)20-18(2,3)4/h7-9H,6,10-11H2,1-5H3,(H2,19,20,21,23). The first-order valence-corrected chi connectivity index (χ1v) is 8.20. The van der Waals surface area contributed by atoms with E-state index in [9.17, 15) is 14.4 Å². The van der Waals surface area contributed by atoms with E-state index < -0.39 is 30.1 Å². The van der Waals surface area contributed by atoms with Crippen molar-refractivity contribution in [3.05, 3.63) is 29.3 Å². The molecule has 0 aliphatic rings. The van der Waals surface area contributed by atoms with Gasteiger partial charge in [0.1, 0.15) is 5.75 Å². The fraction of sp³-hybridized carbons (Fsp3) is 0.500. The Hall–Kier alpha value is -2.61. The minimum absolute atomic E-state index is 0.257. The van der Waals surface area contributed by atoms with Gasteiger partial charge in [0.15, 0.2) is 6.61 Å². The molecule has 0 spiro atoms. The summed E-state index contributed by atoms with van der Waals surface area (Å²) in [5.41, 5.74) is 0.464. The minimum Gasteiger partial charge on any atom is -0.496 e. The van der Waals surface area contributed by atoms with E-state index >= 15 is 0 Å². The number of carbonyl (C=O) groups excluding carboxylic acids is 3. The summed E-state index contributed by atoms with van der Waals surface area (Å²) in [6, 6.07) is 4.09. The average molecular weight is 366 g/mol. The number of rotatable bonds is 7. The van der Waals surface area contributed by atoms with Gasteiger partial charge in [-0.2, -0.15) is 0 Å². The van der Waals surface area contributed by atoms with Crippen LogP contribution in [-0.4, -0.2) is 43.8 Å². The molecule has 2 N–H and O–H groups in total. The second-order valence-corrected chi connectivity index (χ2v) is 6.49. The zero-order valence-electron chi connectivity index (χ0n) is 15.8. The van der Waals surface area contributed by atoms with Gasteiger partial charge in [-0.1, -0.05) is 0 Å². The van der Waals surface area contributed by atoms with E-state index in [1.807, 2.05) is 6.92 Å². The molecule has 0 unspecified atom stereocenters. The number of amides is 3. The van der Waals surface area contributed by atoms with Crippen LogP contribution in [0.25, 0.3) is 0 Å². The van der Waals surface area contributed by atoms with Gasteiger partial charge in [-0.25, -0.2) is 9.59 Å². The Balaban J connectivity index is 2.62. The maximum absolute atomic E-state index is 12.1. The molecule has 144 valence electrons. The topological polar surface area (TPSA) is 103 Å².